The van der Waals surface area contributed by atoms with Gasteiger partial charge < -0.3 is 11.1 Å². The first-order chi connectivity index (χ1) is 13.0. The largest absolute Gasteiger partial charge is 0.393 e. The number of halogens is 2. The van der Waals surface area contributed by atoms with Crippen LogP contribution >= 0.6 is 15.9 Å². The molecule has 0 aliphatic heterocycles. The van der Waals surface area contributed by atoms with E-state index in [2.05, 4.69) is 42.1 Å². The van der Waals surface area contributed by atoms with Crippen LogP contribution in [0.3, 0.4) is 0 Å². The van der Waals surface area contributed by atoms with Crippen molar-refractivity contribution in [1.29, 1.82) is 0 Å². The summed E-state index contributed by atoms with van der Waals surface area (Å²) in [6.07, 6.45) is 1.25. The zero-order chi connectivity index (χ0) is 19.4. The number of carbonyl (C=O) groups is 1. The zero-order valence-corrected chi connectivity index (χ0v) is 15.8. The van der Waals surface area contributed by atoms with Gasteiger partial charge in [0.2, 0.25) is 0 Å². The van der Waals surface area contributed by atoms with Gasteiger partial charge in [-0.1, -0.05) is 34.1 Å². The summed E-state index contributed by atoms with van der Waals surface area (Å²) >= 11 is 3.20. The number of carbonyl (C=O) groups excluding carboxylic acids is 1. The molecule has 0 fully saturated rings. The summed E-state index contributed by atoms with van der Waals surface area (Å²) in [6.45, 7) is 1.84. The Kier molecular flexibility index (Phi) is 5.51. The van der Waals surface area contributed by atoms with Gasteiger partial charge in [0.1, 0.15) is 17.8 Å². The van der Waals surface area contributed by atoms with E-state index in [-0.39, 0.29) is 28.9 Å². The van der Waals surface area contributed by atoms with Crippen molar-refractivity contribution in [1.82, 2.24) is 15.4 Å². The number of hydrazine groups is 1. The van der Waals surface area contributed by atoms with Crippen molar-refractivity contribution in [2.24, 2.45) is 0 Å². The monoisotopic (exact) mass is 430 g/mol. The van der Waals surface area contributed by atoms with Crippen molar-refractivity contribution in [2.75, 3.05) is 16.5 Å². The Bertz CT molecular complexity index is 997. The highest BCUT2D eigenvalue weighted by Crippen LogP contribution is 2.27. The molecule has 3 rings (SSSR count). The van der Waals surface area contributed by atoms with Crippen LogP contribution < -0.4 is 21.9 Å². The molecule has 5 N–H and O–H groups in total. The lowest BCUT2D eigenvalue weighted by atomic mass is 10.1. The minimum atomic E-state index is -0.468. The molecule has 0 aliphatic rings. The van der Waals surface area contributed by atoms with E-state index in [4.69, 9.17) is 5.73 Å². The van der Waals surface area contributed by atoms with Crippen LogP contribution in [0.1, 0.15) is 15.9 Å². The fraction of sp³-hybridized carbons (Fsp3) is 0.0556. The van der Waals surface area contributed by atoms with Crippen LogP contribution in [0.15, 0.2) is 53.3 Å². The number of aryl methyl sites for hydroxylation is 1. The maximum atomic E-state index is 14.0. The first kappa shape index (κ1) is 18.6. The summed E-state index contributed by atoms with van der Waals surface area (Å²) in [7, 11) is 0. The molecule has 0 saturated heterocycles. The standard InChI is InChI=1S/C18H16BrFN6O/c1-10-4-2-3-5-12(10)18(27)26-25-17-15(21)16(22-9-23-17)24-14-7-6-11(19)8-13(14)20/h2-9H,21H2,1H3,(H,26,27)(H2,22,23,24,25). The Hall–Kier alpha value is -3.20. The Morgan fingerprint density at radius 2 is 1.89 bits per heavy atom. The van der Waals surface area contributed by atoms with Gasteiger partial charge >= 0.3 is 0 Å². The third-order valence-corrected chi connectivity index (χ3v) is 4.25. The Morgan fingerprint density at radius 3 is 2.63 bits per heavy atom. The van der Waals surface area contributed by atoms with Crippen molar-refractivity contribution in [3.8, 4) is 0 Å². The molecule has 0 saturated carbocycles. The molecular formula is C18H16BrFN6O. The lowest BCUT2D eigenvalue weighted by Crippen LogP contribution is -2.30. The van der Waals surface area contributed by atoms with Gasteiger partial charge in [0.15, 0.2) is 11.6 Å². The summed E-state index contributed by atoms with van der Waals surface area (Å²) in [4.78, 5) is 20.3. The lowest BCUT2D eigenvalue weighted by molar-refractivity contribution is 0.0962. The number of aromatic nitrogens is 2. The molecule has 9 heteroatoms. The molecule has 0 unspecified atom stereocenters. The molecule has 1 heterocycles. The van der Waals surface area contributed by atoms with Crippen molar-refractivity contribution in [3.63, 3.8) is 0 Å². The van der Waals surface area contributed by atoms with Gasteiger partial charge in [-0.05, 0) is 36.8 Å². The van der Waals surface area contributed by atoms with Crippen molar-refractivity contribution >= 4 is 44.8 Å². The molecule has 0 atom stereocenters. The van der Waals surface area contributed by atoms with Crippen LogP contribution in [-0.2, 0) is 0 Å². The van der Waals surface area contributed by atoms with E-state index in [9.17, 15) is 9.18 Å². The van der Waals surface area contributed by atoms with Crippen molar-refractivity contribution in [2.45, 2.75) is 6.92 Å². The molecule has 7 nitrogen and oxygen atoms in total. The molecule has 0 spiro atoms. The van der Waals surface area contributed by atoms with Gasteiger partial charge in [0.25, 0.3) is 5.91 Å². The molecule has 1 aromatic heterocycles. The maximum absolute atomic E-state index is 14.0. The third kappa shape index (κ3) is 4.32. The summed E-state index contributed by atoms with van der Waals surface area (Å²) in [5, 5.41) is 2.81. The molecule has 0 radical (unpaired) electrons. The predicted molar refractivity (Wildman–Crippen MR) is 106 cm³/mol. The Labute approximate surface area is 163 Å². The summed E-state index contributed by atoms with van der Waals surface area (Å²) < 4.78 is 14.6. The van der Waals surface area contributed by atoms with E-state index in [1.54, 1.807) is 24.3 Å². The van der Waals surface area contributed by atoms with Gasteiger partial charge in [-0.2, -0.15) is 0 Å². The molecule has 0 aliphatic carbocycles. The van der Waals surface area contributed by atoms with Crippen LogP contribution in [0.25, 0.3) is 0 Å². The van der Waals surface area contributed by atoms with Crippen LogP contribution in [0.4, 0.5) is 27.4 Å². The van der Waals surface area contributed by atoms with E-state index in [1.807, 2.05) is 19.1 Å². The van der Waals surface area contributed by atoms with Crippen LogP contribution in [0, 0.1) is 12.7 Å². The van der Waals surface area contributed by atoms with Crippen molar-refractivity contribution < 1.29 is 9.18 Å². The minimum Gasteiger partial charge on any atom is -0.393 e. The second-order valence-corrected chi connectivity index (χ2v) is 6.54. The van der Waals surface area contributed by atoms with Gasteiger partial charge in [-0.15, -0.1) is 0 Å². The average Bonchev–Trinajstić information content (AvgIpc) is 2.64. The fourth-order valence-corrected chi connectivity index (χ4v) is 2.66. The van der Waals surface area contributed by atoms with Gasteiger partial charge in [-0.3, -0.25) is 15.6 Å². The number of nitrogens with one attached hydrogen (secondary N) is 3. The van der Waals surface area contributed by atoms with Crippen LogP contribution in [0.5, 0.6) is 0 Å². The number of rotatable bonds is 5. The molecule has 3 aromatic rings. The number of benzene rings is 2. The highest BCUT2D eigenvalue weighted by molar-refractivity contribution is 9.10. The number of nitrogens with zero attached hydrogens (tertiary/aromatic N) is 2. The number of nitrogen functional groups attached to an aromatic ring is 1. The predicted octanol–water partition coefficient (Wildman–Crippen LogP) is 3.77. The maximum Gasteiger partial charge on any atom is 0.269 e. The normalized spacial score (nSPS) is 10.3. The van der Waals surface area contributed by atoms with Crippen molar-refractivity contribution in [3.05, 3.63) is 70.2 Å². The van der Waals surface area contributed by atoms with E-state index < -0.39 is 5.82 Å². The molecule has 2 aromatic carbocycles. The second-order valence-electron chi connectivity index (χ2n) is 5.63. The smallest absolute Gasteiger partial charge is 0.269 e. The number of amides is 1. The van der Waals surface area contributed by atoms with E-state index in [0.29, 0.717) is 10.0 Å². The number of nitrogens with two attached hydrogens (primary N) is 1. The average molecular weight is 431 g/mol. The SMILES string of the molecule is Cc1ccccc1C(=O)NNc1ncnc(Nc2ccc(Br)cc2F)c1N. The van der Waals surface area contributed by atoms with E-state index in [0.717, 1.165) is 5.56 Å². The van der Waals surface area contributed by atoms with Crippen LogP contribution in [-0.4, -0.2) is 15.9 Å². The van der Waals surface area contributed by atoms with Gasteiger partial charge in [-0.25, -0.2) is 14.4 Å². The second kappa shape index (κ2) is 8.00. The first-order valence-corrected chi connectivity index (χ1v) is 8.69. The number of hydrogen-bond acceptors (Lipinski definition) is 6. The van der Waals surface area contributed by atoms with Crippen LogP contribution in [0.2, 0.25) is 0 Å². The molecular weight excluding hydrogens is 415 g/mol. The summed E-state index contributed by atoms with van der Waals surface area (Å²) in [5.41, 5.74) is 12.9. The van der Waals surface area contributed by atoms with E-state index >= 15 is 0 Å². The highest BCUT2D eigenvalue weighted by atomic mass is 79.9. The molecule has 1 amide bonds. The quantitative estimate of drug-likeness (QED) is 0.459. The molecule has 27 heavy (non-hydrogen) atoms. The number of anilines is 4. The molecule has 138 valence electrons. The topological polar surface area (TPSA) is 105 Å². The number of hydrogen-bond donors (Lipinski definition) is 4. The Morgan fingerprint density at radius 1 is 1.15 bits per heavy atom. The highest BCUT2D eigenvalue weighted by Gasteiger charge is 2.13. The zero-order valence-electron chi connectivity index (χ0n) is 14.3. The van der Waals surface area contributed by atoms with Gasteiger partial charge in [0.05, 0.1) is 5.69 Å². The summed E-state index contributed by atoms with van der Waals surface area (Å²) in [6, 6.07) is 11.7. The lowest BCUT2D eigenvalue weighted by Gasteiger charge is -2.14. The minimum absolute atomic E-state index is 0.130. The van der Waals surface area contributed by atoms with E-state index in [1.165, 1.54) is 12.4 Å². The third-order valence-electron chi connectivity index (χ3n) is 3.75. The fourth-order valence-electron chi connectivity index (χ4n) is 2.32. The first-order valence-electron chi connectivity index (χ1n) is 7.90. The summed E-state index contributed by atoms with van der Waals surface area (Å²) in [5.74, 6) is -0.407. The molecule has 0 bridgehead atoms. The van der Waals surface area contributed by atoms with Gasteiger partial charge in [0, 0.05) is 10.0 Å². The Balaban J connectivity index is 1.75.